The van der Waals surface area contributed by atoms with Crippen molar-refractivity contribution in [3.05, 3.63) is 39.9 Å². The molecule has 0 saturated carbocycles. The third-order valence-corrected chi connectivity index (χ3v) is 2.98. The van der Waals surface area contributed by atoms with Gasteiger partial charge in [0.15, 0.2) is 0 Å². The van der Waals surface area contributed by atoms with E-state index in [2.05, 4.69) is 15.9 Å². The highest BCUT2D eigenvalue weighted by atomic mass is 79.9. The van der Waals surface area contributed by atoms with Crippen LogP contribution < -0.4 is 0 Å². The van der Waals surface area contributed by atoms with Gasteiger partial charge in [-0.25, -0.2) is 0 Å². The average molecular weight is 244 g/mol. The summed E-state index contributed by atoms with van der Waals surface area (Å²) in [6.07, 6.45) is 0.918. The Labute approximate surface area is 85.0 Å². The number of benzene rings is 1. The van der Waals surface area contributed by atoms with E-state index in [0.717, 1.165) is 12.0 Å². The lowest BCUT2D eigenvalue weighted by molar-refractivity contribution is -0.384. The van der Waals surface area contributed by atoms with Crippen molar-refractivity contribution in [3.8, 4) is 0 Å². The molecule has 0 aliphatic heterocycles. The van der Waals surface area contributed by atoms with E-state index < -0.39 is 0 Å². The summed E-state index contributed by atoms with van der Waals surface area (Å²) in [5, 5.41) is 10.5. The summed E-state index contributed by atoms with van der Waals surface area (Å²) >= 11 is 3.45. The topological polar surface area (TPSA) is 43.1 Å². The van der Waals surface area contributed by atoms with Gasteiger partial charge in [-0.1, -0.05) is 35.0 Å². The second-order valence-corrected chi connectivity index (χ2v) is 3.83. The normalized spacial score (nSPS) is 12.5. The fourth-order valence-electron chi connectivity index (χ4n) is 1.07. The summed E-state index contributed by atoms with van der Waals surface area (Å²) in [5.74, 6) is 0. The second-order valence-electron chi connectivity index (χ2n) is 2.73. The number of hydrogen-bond donors (Lipinski definition) is 0. The van der Waals surface area contributed by atoms with Crippen molar-refractivity contribution in [2.45, 2.75) is 18.2 Å². The molecule has 0 saturated heterocycles. The Balaban J connectivity index is 2.98. The first-order chi connectivity index (χ1) is 6.15. The number of nitrogens with zero attached hydrogens (tertiary/aromatic N) is 1. The molecule has 1 unspecified atom stereocenters. The smallest absolute Gasteiger partial charge is 0.258 e. The molecule has 3 nitrogen and oxygen atoms in total. The van der Waals surface area contributed by atoms with E-state index in [1.54, 1.807) is 12.1 Å². The van der Waals surface area contributed by atoms with Gasteiger partial charge < -0.3 is 0 Å². The molecule has 4 heteroatoms. The van der Waals surface area contributed by atoms with Gasteiger partial charge in [-0.3, -0.25) is 10.1 Å². The van der Waals surface area contributed by atoms with E-state index in [9.17, 15) is 10.1 Å². The Morgan fingerprint density at radius 3 is 2.85 bits per heavy atom. The molecular formula is C9H10BrNO2. The maximum atomic E-state index is 10.5. The van der Waals surface area contributed by atoms with Crippen LogP contribution in [0, 0.1) is 10.1 Å². The predicted molar refractivity (Wildman–Crippen MR) is 55.1 cm³/mol. The summed E-state index contributed by atoms with van der Waals surface area (Å²) in [5.41, 5.74) is 1.10. The van der Waals surface area contributed by atoms with Crippen LogP contribution in [0.4, 0.5) is 5.69 Å². The van der Waals surface area contributed by atoms with E-state index in [-0.39, 0.29) is 15.4 Å². The molecule has 13 heavy (non-hydrogen) atoms. The first-order valence-corrected chi connectivity index (χ1v) is 4.95. The van der Waals surface area contributed by atoms with Crippen LogP contribution in [-0.2, 0) is 0 Å². The van der Waals surface area contributed by atoms with Crippen LogP contribution >= 0.6 is 15.9 Å². The highest BCUT2D eigenvalue weighted by Crippen LogP contribution is 2.28. The third kappa shape index (κ3) is 2.52. The number of hydrogen-bond acceptors (Lipinski definition) is 2. The molecule has 1 aromatic rings. The largest absolute Gasteiger partial charge is 0.269 e. The van der Waals surface area contributed by atoms with Crippen molar-refractivity contribution in [1.82, 2.24) is 0 Å². The molecule has 1 aromatic carbocycles. The molecule has 0 aliphatic carbocycles. The fraction of sp³-hybridized carbons (Fsp3) is 0.333. The van der Waals surface area contributed by atoms with Gasteiger partial charge in [0.25, 0.3) is 5.69 Å². The Hall–Kier alpha value is -0.900. The van der Waals surface area contributed by atoms with Gasteiger partial charge in [-0.15, -0.1) is 0 Å². The quantitative estimate of drug-likeness (QED) is 0.464. The lowest BCUT2D eigenvalue weighted by Gasteiger charge is -2.05. The Kier molecular flexibility index (Phi) is 3.42. The first-order valence-electron chi connectivity index (χ1n) is 4.03. The number of rotatable bonds is 3. The molecule has 70 valence electrons. The summed E-state index contributed by atoms with van der Waals surface area (Å²) in [7, 11) is 0. The number of nitro benzene ring substituents is 1. The van der Waals surface area contributed by atoms with Crippen molar-refractivity contribution in [2.75, 3.05) is 0 Å². The summed E-state index contributed by atoms with van der Waals surface area (Å²) in [6.45, 7) is 2.03. The minimum atomic E-state index is -0.376. The van der Waals surface area contributed by atoms with Crippen LogP contribution in [0.25, 0.3) is 0 Å². The zero-order valence-electron chi connectivity index (χ0n) is 7.24. The Bertz CT molecular complexity index is 314. The Morgan fingerprint density at radius 1 is 1.62 bits per heavy atom. The molecule has 1 atom stereocenters. The van der Waals surface area contributed by atoms with Crippen LogP contribution in [0.15, 0.2) is 24.3 Å². The van der Waals surface area contributed by atoms with Crippen molar-refractivity contribution in [3.63, 3.8) is 0 Å². The molecule has 0 aromatic heterocycles. The highest BCUT2D eigenvalue weighted by Gasteiger charge is 2.09. The highest BCUT2D eigenvalue weighted by molar-refractivity contribution is 9.09. The SMILES string of the molecule is CCC(Br)c1cccc([N+](=O)[O-])c1. The molecule has 0 heterocycles. The summed E-state index contributed by atoms with van der Waals surface area (Å²) < 4.78 is 0. The number of alkyl halides is 1. The van der Waals surface area contributed by atoms with Crippen molar-refractivity contribution < 1.29 is 4.92 Å². The zero-order valence-corrected chi connectivity index (χ0v) is 8.82. The van der Waals surface area contributed by atoms with Gasteiger partial charge in [0.2, 0.25) is 0 Å². The lowest BCUT2D eigenvalue weighted by Crippen LogP contribution is -1.91. The summed E-state index contributed by atoms with van der Waals surface area (Å²) in [6, 6.07) is 6.69. The number of halogens is 1. The monoisotopic (exact) mass is 243 g/mol. The maximum absolute atomic E-state index is 10.5. The second kappa shape index (κ2) is 4.37. The molecule has 0 spiro atoms. The third-order valence-electron chi connectivity index (χ3n) is 1.80. The molecule has 1 rings (SSSR count). The zero-order chi connectivity index (χ0) is 9.84. The van der Waals surface area contributed by atoms with Crippen LogP contribution in [0.5, 0.6) is 0 Å². The lowest BCUT2D eigenvalue weighted by atomic mass is 10.1. The fourth-order valence-corrected chi connectivity index (χ4v) is 1.35. The van der Waals surface area contributed by atoms with E-state index in [4.69, 9.17) is 0 Å². The molecular weight excluding hydrogens is 234 g/mol. The van der Waals surface area contributed by atoms with Crippen molar-refractivity contribution in [1.29, 1.82) is 0 Å². The van der Waals surface area contributed by atoms with Crippen LogP contribution in [0.1, 0.15) is 23.7 Å². The van der Waals surface area contributed by atoms with Crippen LogP contribution in [0.3, 0.4) is 0 Å². The van der Waals surface area contributed by atoms with Crippen LogP contribution in [0.2, 0.25) is 0 Å². The molecule has 0 aliphatic rings. The van der Waals surface area contributed by atoms with E-state index in [0.29, 0.717) is 0 Å². The molecule has 0 amide bonds. The maximum Gasteiger partial charge on any atom is 0.269 e. The van der Waals surface area contributed by atoms with E-state index in [1.807, 2.05) is 13.0 Å². The minimum Gasteiger partial charge on any atom is -0.258 e. The van der Waals surface area contributed by atoms with E-state index in [1.165, 1.54) is 6.07 Å². The standard InChI is InChI=1S/C9H10BrNO2/c1-2-9(10)7-4-3-5-8(6-7)11(12)13/h3-6,9H,2H2,1H3. The molecule has 0 fully saturated rings. The van der Waals surface area contributed by atoms with Gasteiger partial charge in [-0.05, 0) is 12.0 Å². The van der Waals surface area contributed by atoms with Gasteiger partial charge in [0.1, 0.15) is 0 Å². The summed E-state index contributed by atoms with van der Waals surface area (Å²) in [4.78, 5) is 10.3. The molecule has 0 bridgehead atoms. The number of nitro groups is 1. The average Bonchev–Trinajstić information content (AvgIpc) is 2.17. The van der Waals surface area contributed by atoms with E-state index >= 15 is 0 Å². The number of non-ortho nitro benzene ring substituents is 1. The van der Waals surface area contributed by atoms with Crippen molar-refractivity contribution in [2.24, 2.45) is 0 Å². The first kappa shape index (κ1) is 10.2. The molecule has 0 N–H and O–H groups in total. The Morgan fingerprint density at radius 2 is 2.31 bits per heavy atom. The molecule has 0 radical (unpaired) electrons. The van der Waals surface area contributed by atoms with Gasteiger partial charge in [0, 0.05) is 17.0 Å². The van der Waals surface area contributed by atoms with Crippen LogP contribution in [-0.4, -0.2) is 4.92 Å². The minimum absolute atomic E-state index is 0.149. The van der Waals surface area contributed by atoms with Gasteiger partial charge in [-0.2, -0.15) is 0 Å². The van der Waals surface area contributed by atoms with Gasteiger partial charge in [0.05, 0.1) is 4.92 Å². The predicted octanol–water partition coefficient (Wildman–Crippen LogP) is 3.44. The van der Waals surface area contributed by atoms with Crippen molar-refractivity contribution >= 4 is 21.6 Å². The van der Waals surface area contributed by atoms with Gasteiger partial charge >= 0.3 is 0 Å².